The summed E-state index contributed by atoms with van der Waals surface area (Å²) in [4.78, 5) is 34.0. The highest BCUT2D eigenvalue weighted by Gasteiger charge is 2.14. The van der Waals surface area contributed by atoms with Gasteiger partial charge in [0.1, 0.15) is 11.5 Å². The highest BCUT2D eigenvalue weighted by Crippen LogP contribution is 2.27. The van der Waals surface area contributed by atoms with E-state index >= 15 is 0 Å². The predicted octanol–water partition coefficient (Wildman–Crippen LogP) is 4.06. The van der Waals surface area contributed by atoms with Crippen molar-refractivity contribution in [1.82, 2.24) is 5.43 Å². The lowest BCUT2D eigenvalue weighted by molar-refractivity contribution is -0.384. The van der Waals surface area contributed by atoms with E-state index in [0.29, 0.717) is 17.1 Å². The number of ether oxygens (including phenoxy) is 1. The number of hydrazone groups is 1. The molecule has 0 spiro atoms. The second-order valence-corrected chi connectivity index (χ2v) is 6.30. The summed E-state index contributed by atoms with van der Waals surface area (Å²) in [6.45, 7) is 0. The number of nitrogens with zero attached hydrogens (tertiary/aromatic N) is 2. The van der Waals surface area contributed by atoms with Gasteiger partial charge in [0, 0.05) is 23.3 Å². The number of hydrogen-bond acceptors (Lipinski definition) is 7. The third kappa shape index (κ3) is 4.70. The smallest absolute Gasteiger partial charge is 0.339 e. The van der Waals surface area contributed by atoms with Crippen molar-refractivity contribution in [2.45, 2.75) is 0 Å². The minimum atomic E-state index is -0.609. The second-order valence-electron chi connectivity index (χ2n) is 5.89. The summed E-state index contributed by atoms with van der Waals surface area (Å²) in [5, 5.41) is 14.8. The Kier molecular flexibility index (Phi) is 6.23. The number of rotatable bonds is 6. The van der Waals surface area contributed by atoms with E-state index in [1.165, 1.54) is 37.6 Å². The van der Waals surface area contributed by atoms with Crippen molar-refractivity contribution >= 4 is 35.4 Å². The van der Waals surface area contributed by atoms with Crippen LogP contribution in [0.15, 0.2) is 64.1 Å². The van der Waals surface area contributed by atoms with Gasteiger partial charge in [-0.25, -0.2) is 10.2 Å². The molecule has 0 fully saturated rings. The minimum absolute atomic E-state index is 0.0954. The molecule has 10 heteroatoms. The van der Waals surface area contributed by atoms with Crippen LogP contribution in [0.25, 0.3) is 11.3 Å². The van der Waals surface area contributed by atoms with E-state index in [1.807, 2.05) is 0 Å². The fraction of sp³-hybridized carbons (Fsp3) is 0.0500. The first kappa shape index (κ1) is 20.7. The normalized spacial score (nSPS) is 10.7. The van der Waals surface area contributed by atoms with Crippen LogP contribution in [0, 0.1) is 10.1 Å². The van der Waals surface area contributed by atoms with Crippen molar-refractivity contribution in [2.24, 2.45) is 5.10 Å². The van der Waals surface area contributed by atoms with E-state index in [1.54, 1.807) is 24.3 Å². The lowest BCUT2D eigenvalue weighted by Gasteiger charge is -2.04. The molecule has 152 valence electrons. The van der Waals surface area contributed by atoms with Crippen LogP contribution >= 0.6 is 11.6 Å². The van der Waals surface area contributed by atoms with E-state index in [2.05, 4.69) is 10.5 Å². The Bertz CT molecular complexity index is 1150. The van der Waals surface area contributed by atoms with Gasteiger partial charge in [-0.2, -0.15) is 5.10 Å². The van der Waals surface area contributed by atoms with Crippen molar-refractivity contribution in [3.63, 3.8) is 0 Å². The number of furan rings is 1. The minimum Gasteiger partial charge on any atom is -0.465 e. The molecule has 9 nitrogen and oxygen atoms in total. The average molecular weight is 428 g/mol. The van der Waals surface area contributed by atoms with Gasteiger partial charge in [-0.15, -0.1) is 0 Å². The molecular formula is C20H14ClN3O6. The molecule has 0 bridgehead atoms. The summed E-state index contributed by atoms with van der Waals surface area (Å²) in [6.07, 6.45) is 1.27. The molecule has 30 heavy (non-hydrogen) atoms. The molecule has 0 unspecified atom stereocenters. The zero-order valence-corrected chi connectivity index (χ0v) is 16.3. The topological polar surface area (TPSA) is 124 Å². The molecule has 1 heterocycles. The molecule has 2 aromatic carbocycles. The van der Waals surface area contributed by atoms with Crippen molar-refractivity contribution in [1.29, 1.82) is 0 Å². The van der Waals surface area contributed by atoms with Gasteiger partial charge in [0.15, 0.2) is 0 Å². The van der Waals surface area contributed by atoms with Crippen LogP contribution in [0.1, 0.15) is 26.5 Å². The highest BCUT2D eigenvalue weighted by molar-refractivity contribution is 6.33. The number of carbonyl (C=O) groups excluding carboxylic acids is 2. The Morgan fingerprint density at radius 3 is 2.73 bits per heavy atom. The lowest BCUT2D eigenvalue weighted by atomic mass is 10.1. The summed E-state index contributed by atoms with van der Waals surface area (Å²) in [7, 11) is 1.26. The Labute approximate surface area is 175 Å². The standard InChI is InChI=1S/C20H14ClN3O6/c1-29-20(26)16-10-12(5-7-17(16)21)18-8-6-15(30-18)11-22-23-19(25)13-3-2-4-14(9-13)24(27)28/h2-11H,1H3,(H,23,25). The van der Waals surface area contributed by atoms with Gasteiger partial charge in [0.25, 0.3) is 11.6 Å². The maximum atomic E-state index is 12.1. The van der Waals surface area contributed by atoms with Gasteiger partial charge >= 0.3 is 5.97 Å². The maximum absolute atomic E-state index is 12.1. The Balaban J connectivity index is 1.71. The van der Waals surface area contributed by atoms with E-state index in [-0.39, 0.29) is 21.8 Å². The highest BCUT2D eigenvalue weighted by atomic mass is 35.5. The average Bonchev–Trinajstić information content (AvgIpc) is 3.22. The molecule has 0 aliphatic heterocycles. The van der Waals surface area contributed by atoms with Crippen LogP contribution in [0.5, 0.6) is 0 Å². The van der Waals surface area contributed by atoms with Crippen LogP contribution in [-0.4, -0.2) is 30.1 Å². The molecule has 0 aliphatic rings. The zero-order valence-electron chi connectivity index (χ0n) is 15.5. The first-order valence-electron chi connectivity index (χ1n) is 8.45. The fourth-order valence-electron chi connectivity index (χ4n) is 2.50. The molecule has 0 saturated heterocycles. The number of halogens is 1. The first-order valence-corrected chi connectivity index (χ1v) is 8.83. The molecule has 0 radical (unpaired) electrons. The zero-order chi connectivity index (χ0) is 21.7. The fourth-order valence-corrected chi connectivity index (χ4v) is 2.70. The monoisotopic (exact) mass is 427 g/mol. The van der Waals surface area contributed by atoms with Gasteiger partial charge in [0.05, 0.1) is 28.8 Å². The summed E-state index contributed by atoms with van der Waals surface area (Å²) >= 11 is 6.01. The molecule has 1 amide bonds. The Hall–Kier alpha value is -3.98. The summed E-state index contributed by atoms with van der Waals surface area (Å²) in [5.74, 6) is -0.400. The Morgan fingerprint density at radius 2 is 2.00 bits per heavy atom. The van der Waals surface area contributed by atoms with Gasteiger partial charge in [-0.3, -0.25) is 14.9 Å². The van der Waals surface area contributed by atoms with Crippen molar-refractivity contribution in [3.8, 4) is 11.3 Å². The maximum Gasteiger partial charge on any atom is 0.339 e. The molecule has 3 aromatic rings. The molecule has 0 saturated carbocycles. The Morgan fingerprint density at radius 1 is 1.20 bits per heavy atom. The van der Waals surface area contributed by atoms with Crippen LogP contribution in [-0.2, 0) is 4.74 Å². The van der Waals surface area contributed by atoms with E-state index < -0.39 is 16.8 Å². The largest absolute Gasteiger partial charge is 0.465 e. The molecule has 1 aromatic heterocycles. The van der Waals surface area contributed by atoms with Crippen LogP contribution in [0.2, 0.25) is 5.02 Å². The SMILES string of the molecule is COC(=O)c1cc(-c2ccc(C=NNC(=O)c3cccc([N+](=O)[O-])c3)o2)ccc1Cl. The molecule has 0 atom stereocenters. The first-order chi connectivity index (χ1) is 14.4. The number of methoxy groups -OCH3 is 1. The molecular weight excluding hydrogens is 414 g/mol. The summed E-state index contributed by atoms with van der Waals surface area (Å²) in [6, 6.07) is 13.3. The van der Waals surface area contributed by atoms with Gasteiger partial charge in [-0.05, 0) is 36.4 Å². The number of nitrogens with one attached hydrogen (secondary N) is 1. The van der Waals surface area contributed by atoms with Crippen LogP contribution in [0.4, 0.5) is 5.69 Å². The number of hydrogen-bond donors (Lipinski definition) is 1. The number of benzene rings is 2. The second kappa shape index (κ2) is 9.01. The third-order valence-corrected chi connectivity index (χ3v) is 4.29. The van der Waals surface area contributed by atoms with Crippen LogP contribution in [0.3, 0.4) is 0 Å². The number of esters is 1. The molecule has 1 N–H and O–H groups in total. The predicted molar refractivity (Wildman–Crippen MR) is 109 cm³/mol. The van der Waals surface area contributed by atoms with E-state index in [9.17, 15) is 19.7 Å². The summed E-state index contributed by atoms with van der Waals surface area (Å²) in [5.41, 5.74) is 2.97. The quantitative estimate of drug-likeness (QED) is 0.274. The number of carbonyl (C=O) groups is 2. The molecule has 0 aliphatic carbocycles. The number of non-ortho nitro benzene ring substituents is 1. The number of amides is 1. The van der Waals surface area contributed by atoms with Crippen LogP contribution < -0.4 is 5.43 Å². The van der Waals surface area contributed by atoms with Gasteiger partial charge < -0.3 is 9.15 Å². The van der Waals surface area contributed by atoms with Gasteiger partial charge in [-0.1, -0.05) is 17.7 Å². The number of nitro groups is 1. The number of nitro benzene ring substituents is 1. The van der Waals surface area contributed by atoms with E-state index in [4.69, 9.17) is 20.8 Å². The van der Waals surface area contributed by atoms with Crippen molar-refractivity contribution < 1.29 is 23.7 Å². The lowest BCUT2D eigenvalue weighted by Crippen LogP contribution is -2.17. The third-order valence-electron chi connectivity index (χ3n) is 3.96. The molecule has 3 rings (SSSR count). The van der Waals surface area contributed by atoms with E-state index in [0.717, 1.165) is 6.07 Å². The summed E-state index contributed by atoms with van der Waals surface area (Å²) < 4.78 is 10.3. The van der Waals surface area contributed by atoms with Crippen molar-refractivity contribution in [2.75, 3.05) is 7.11 Å². The van der Waals surface area contributed by atoms with Gasteiger partial charge in [0.2, 0.25) is 0 Å². The van der Waals surface area contributed by atoms with Crippen molar-refractivity contribution in [3.05, 3.63) is 86.6 Å².